The Morgan fingerprint density at radius 3 is 2.48 bits per heavy atom. The van der Waals surface area contributed by atoms with Crippen LogP contribution in [0.4, 0.5) is 10.5 Å². The fourth-order valence-corrected chi connectivity index (χ4v) is 3.00. The van der Waals surface area contributed by atoms with E-state index >= 15 is 0 Å². The molecular weight excluding hydrogens is 362 g/mol. The van der Waals surface area contributed by atoms with Gasteiger partial charge in [-0.1, -0.05) is 29.8 Å². The molecule has 2 heterocycles. The zero-order chi connectivity index (χ0) is 18.8. The number of anilines is 1. The molecule has 0 radical (unpaired) electrons. The summed E-state index contributed by atoms with van der Waals surface area (Å²) in [5.41, 5.74) is 4.02. The highest BCUT2D eigenvalue weighted by atomic mass is 35.5. The van der Waals surface area contributed by atoms with Crippen LogP contribution in [0.15, 0.2) is 73.1 Å². The predicted octanol–water partition coefficient (Wildman–Crippen LogP) is 4.78. The average molecular weight is 378 g/mol. The lowest BCUT2D eigenvalue weighted by Crippen LogP contribution is -2.21. The van der Waals surface area contributed by atoms with Crippen LogP contribution in [0.25, 0.3) is 16.9 Å². The molecule has 6 nitrogen and oxygen atoms in total. The molecule has 7 heteroatoms. The maximum atomic E-state index is 12.7. The molecule has 1 amide bonds. The standard InChI is InChI=1S/C20H16ClN5O/c1-14-18(13-23-25(14)17-5-3-2-4-6-17)19-11-12-22-26(19)20(27)24-16-9-7-15(21)8-10-16/h2-13H,1H3,(H,24,27). The number of hydrogen-bond donors (Lipinski definition) is 1. The minimum absolute atomic E-state index is 0.357. The number of rotatable bonds is 3. The molecule has 2 aromatic heterocycles. The third-order valence-electron chi connectivity index (χ3n) is 4.22. The fraction of sp³-hybridized carbons (Fsp3) is 0.0500. The summed E-state index contributed by atoms with van der Waals surface area (Å²) in [5.74, 6) is 0. The summed E-state index contributed by atoms with van der Waals surface area (Å²) < 4.78 is 3.16. The Morgan fingerprint density at radius 2 is 1.74 bits per heavy atom. The first-order chi connectivity index (χ1) is 13.1. The van der Waals surface area contributed by atoms with E-state index in [1.165, 1.54) is 4.68 Å². The van der Waals surface area contributed by atoms with E-state index in [2.05, 4.69) is 15.5 Å². The van der Waals surface area contributed by atoms with Crippen LogP contribution in [0, 0.1) is 6.92 Å². The van der Waals surface area contributed by atoms with Crippen LogP contribution in [0.2, 0.25) is 5.02 Å². The van der Waals surface area contributed by atoms with Crippen molar-refractivity contribution in [3.05, 3.63) is 83.8 Å². The van der Waals surface area contributed by atoms with Gasteiger partial charge in [0.25, 0.3) is 0 Å². The van der Waals surface area contributed by atoms with Crippen LogP contribution in [-0.4, -0.2) is 25.6 Å². The van der Waals surface area contributed by atoms with Crippen molar-refractivity contribution in [3.63, 3.8) is 0 Å². The Kier molecular flexibility index (Phi) is 4.48. The van der Waals surface area contributed by atoms with Gasteiger partial charge < -0.3 is 5.32 Å². The second-order valence-corrected chi connectivity index (χ2v) is 6.39. The van der Waals surface area contributed by atoms with Gasteiger partial charge in [-0.2, -0.15) is 14.9 Å². The number of carbonyl (C=O) groups is 1. The number of para-hydroxylation sites is 1. The molecule has 4 aromatic rings. The van der Waals surface area contributed by atoms with Crippen molar-refractivity contribution in [2.24, 2.45) is 0 Å². The number of carbonyl (C=O) groups excluding carboxylic acids is 1. The van der Waals surface area contributed by atoms with Crippen LogP contribution >= 0.6 is 11.6 Å². The maximum Gasteiger partial charge on any atom is 0.347 e. The zero-order valence-electron chi connectivity index (χ0n) is 14.5. The van der Waals surface area contributed by atoms with Crippen molar-refractivity contribution in [1.29, 1.82) is 0 Å². The van der Waals surface area contributed by atoms with Crippen LogP contribution in [0.1, 0.15) is 5.69 Å². The maximum absolute atomic E-state index is 12.7. The summed E-state index contributed by atoms with van der Waals surface area (Å²) in [6, 6.07) is 18.2. The van der Waals surface area contributed by atoms with Gasteiger partial charge >= 0.3 is 6.03 Å². The van der Waals surface area contributed by atoms with E-state index in [1.54, 1.807) is 42.7 Å². The molecule has 0 saturated heterocycles. The Hall–Kier alpha value is -3.38. The van der Waals surface area contributed by atoms with Crippen molar-refractivity contribution in [2.45, 2.75) is 6.92 Å². The number of amides is 1. The van der Waals surface area contributed by atoms with E-state index in [-0.39, 0.29) is 6.03 Å². The first kappa shape index (κ1) is 17.1. The molecular formula is C20H16ClN5O. The first-order valence-corrected chi connectivity index (χ1v) is 8.72. The lowest BCUT2D eigenvalue weighted by molar-refractivity contribution is 0.251. The number of hydrogen-bond acceptors (Lipinski definition) is 3. The van der Waals surface area contributed by atoms with Crippen LogP contribution in [0.3, 0.4) is 0 Å². The Morgan fingerprint density at radius 1 is 1.00 bits per heavy atom. The zero-order valence-corrected chi connectivity index (χ0v) is 15.3. The van der Waals surface area contributed by atoms with E-state index in [4.69, 9.17) is 11.6 Å². The lowest BCUT2D eigenvalue weighted by atomic mass is 10.2. The van der Waals surface area contributed by atoms with E-state index in [1.807, 2.05) is 41.9 Å². The number of halogens is 1. The summed E-state index contributed by atoms with van der Waals surface area (Å²) in [7, 11) is 0. The molecule has 0 fully saturated rings. The van der Waals surface area contributed by atoms with Crippen molar-refractivity contribution in [2.75, 3.05) is 5.32 Å². The highest BCUT2D eigenvalue weighted by Gasteiger charge is 2.17. The minimum atomic E-state index is -0.357. The number of aromatic nitrogens is 4. The van der Waals surface area contributed by atoms with Gasteiger partial charge in [0.05, 0.1) is 29.5 Å². The van der Waals surface area contributed by atoms with Crippen molar-refractivity contribution in [1.82, 2.24) is 19.6 Å². The number of nitrogens with zero attached hydrogens (tertiary/aromatic N) is 4. The molecule has 0 aliphatic heterocycles. The van der Waals surface area contributed by atoms with Gasteiger partial charge in [0, 0.05) is 16.3 Å². The van der Waals surface area contributed by atoms with Crippen molar-refractivity contribution in [3.8, 4) is 16.9 Å². The fourth-order valence-electron chi connectivity index (χ4n) is 2.87. The minimum Gasteiger partial charge on any atom is -0.306 e. The molecule has 0 saturated carbocycles. The third kappa shape index (κ3) is 3.35. The molecule has 0 bridgehead atoms. The predicted molar refractivity (Wildman–Crippen MR) is 105 cm³/mol. The van der Waals surface area contributed by atoms with Gasteiger partial charge in [0.1, 0.15) is 0 Å². The third-order valence-corrected chi connectivity index (χ3v) is 4.47. The van der Waals surface area contributed by atoms with Gasteiger partial charge in [-0.15, -0.1) is 0 Å². The molecule has 2 aromatic carbocycles. The van der Waals surface area contributed by atoms with E-state index in [0.717, 1.165) is 16.9 Å². The van der Waals surface area contributed by atoms with E-state index < -0.39 is 0 Å². The van der Waals surface area contributed by atoms with Gasteiger partial charge in [-0.25, -0.2) is 9.48 Å². The Labute approximate surface area is 161 Å². The molecule has 0 spiro atoms. The van der Waals surface area contributed by atoms with Crippen LogP contribution in [-0.2, 0) is 0 Å². The summed E-state index contributed by atoms with van der Waals surface area (Å²) in [4.78, 5) is 12.7. The topological polar surface area (TPSA) is 64.7 Å². The van der Waals surface area contributed by atoms with Crippen molar-refractivity contribution < 1.29 is 4.79 Å². The van der Waals surface area contributed by atoms with Crippen LogP contribution in [0.5, 0.6) is 0 Å². The monoisotopic (exact) mass is 377 g/mol. The summed E-state index contributed by atoms with van der Waals surface area (Å²) in [6.07, 6.45) is 3.33. The van der Waals surface area contributed by atoms with E-state index in [0.29, 0.717) is 16.4 Å². The Balaban J connectivity index is 1.65. The summed E-state index contributed by atoms with van der Waals surface area (Å²) >= 11 is 5.88. The normalized spacial score (nSPS) is 10.7. The quantitative estimate of drug-likeness (QED) is 0.559. The van der Waals surface area contributed by atoms with E-state index in [9.17, 15) is 4.79 Å². The highest BCUT2D eigenvalue weighted by Crippen LogP contribution is 2.25. The van der Waals surface area contributed by atoms with Crippen molar-refractivity contribution >= 4 is 23.3 Å². The average Bonchev–Trinajstić information content (AvgIpc) is 3.31. The van der Waals surface area contributed by atoms with Gasteiger partial charge in [-0.3, -0.25) is 0 Å². The molecule has 134 valence electrons. The number of benzene rings is 2. The second kappa shape index (κ2) is 7.09. The number of nitrogens with one attached hydrogen (secondary N) is 1. The van der Waals surface area contributed by atoms with Crippen LogP contribution < -0.4 is 5.32 Å². The molecule has 1 N–H and O–H groups in total. The summed E-state index contributed by atoms with van der Waals surface area (Å²) in [6.45, 7) is 1.96. The second-order valence-electron chi connectivity index (χ2n) is 5.96. The lowest BCUT2D eigenvalue weighted by Gasteiger charge is -2.09. The SMILES string of the molecule is Cc1c(-c2ccnn2C(=O)Nc2ccc(Cl)cc2)cnn1-c1ccccc1. The molecule has 0 atom stereocenters. The molecule has 4 rings (SSSR count). The first-order valence-electron chi connectivity index (χ1n) is 8.35. The van der Waals surface area contributed by atoms with Gasteiger partial charge in [0.15, 0.2) is 0 Å². The smallest absolute Gasteiger partial charge is 0.306 e. The molecule has 0 aliphatic carbocycles. The van der Waals surface area contributed by atoms with Gasteiger partial charge in [-0.05, 0) is 49.4 Å². The molecule has 27 heavy (non-hydrogen) atoms. The van der Waals surface area contributed by atoms with Gasteiger partial charge in [0.2, 0.25) is 0 Å². The molecule has 0 unspecified atom stereocenters. The Bertz CT molecular complexity index is 1080. The largest absolute Gasteiger partial charge is 0.347 e. The highest BCUT2D eigenvalue weighted by molar-refractivity contribution is 6.30. The molecule has 0 aliphatic rings. The summed E-state index contributed by atoms with van der Waals surface area (Å²) in [5, 5.41) is 12.1.